The molecule has 90 valence electrons. The third kappa shape index (κ3) is 3.04. The van der Waals surface area contributed by atoms with Gasteiger partial charge in [-0.05, 0) is 24.7 Å². The van der Waals surface area contributed by atoms with Crippen molar-refractivity contribution in [3.63, 3.8) is 0 Å². The maximum Gasteiger partial charge on any atom is 0.240 e. The Labute approximate surface area is 96.4 Å². The fraction of sp³-hybridized carbons (Fsp3) is 0.833. The zero-order chi connectivity index (χ0) is 11.5. The van der Waals surface area contributed by atoms with Crippen LogP contribution >= 0.6 is 0 Å². The number of carbonyl (C=O) groups is 2. The molecule has 16 heavy (non-hydrogen) atoms. The second-order valence-corrected chi connectivity index (χ2v) is 5.27. The lowest BCUT2D eigenvalue weighted by molar-refractivity contribution is -0.136. The molecular formula is C12H20N2O2. The molecule has 4 heteroatoms. The minimum absolute atomic E-state index is 0.152. The molecule has 0 aromatic rings. The number of piperazine rings is 1. The van der Waals surface area contributed by atoms with Gasteiger partial charge in [0.25, 0.3) is 0 Å². The van der Waals surface area contributed by atoms with E-state index in [2.05, 4.69) is 12.2 Å². The first-order valence-corrected chi connectivity index (χ1v) is 6.18. The van der Waals surface area contributed by atoms with Crippen molar-refractivity contribution in [1.82, 2.24) is 10.2 Å². The summed E-state index contributed by atoms with van der Waals surface area (Å²) in [6, 6.07) is 0. The van der Waals surface area contributed by atoms with Gasteiger partial charge in [0, 0.05) is 6.54 Å². The predicted octanol–water partition coefficient (Wildman–Crippen LogP) is 0.771. The van der Waals surface area contributed by atoms with E-state index in [0.717, 1.165) is 12.5 Å². The van der Waals surface area contributed by atoms with Crippen LogP contribution in [0.1, 0.15) is 32.6 Å². The van der Waals surface area contributed by atoms with Crippen LogP contribution < -0.4 is 5.32 Å². The fourth-order valence-electron chi connectivity index (χ4n) is 2.70. The maximum absolute atomic E-state index is 11.2. The standard InChI is InChI=1S/C12H20N2O2/c1-9-2-4-10(5-3-9)6-14-7-11(15)13-12(16)8-14/h9-10H,2-8H2,1H3,(H,13,15,16). The molecule has 0 radical (unpaired) electrons. The van der Waals surface area contributed by atoms with E-state index >= 15 is 0 Å². The summed E-state index contributed by atoms with van der Waals surface area (Å²) < 4.78 is 0. The highest BCUT2D eigenvalue weighted by Crippen LogP contribution is 2.28. The molecule has 0 aromatic heterocycles. The van der Waals surface area contributed by atoms with Gasteiger partial charge in [-0.15, -0.1) is 0 Å². The van der Waals surface area contributed by atoms with Gasteiger partial charge in [0.05, 0.1) is 13.1 Å². The fourth-order valence-corrected chi connectivity index (χ4v) is 2.70. The summed E-state index contributed by atoms with van der Waals surface area (Å²) in [5, 5.41) is 2.33. The van der Waals surface area contributed by atoms with Crippen molar-refractivity contribution in [2.45, 2.75) is 32.6 Å². The summed E-state index contributed by atoms with van der Waals surface area (Å²) in [4.78, 5) is 24.4. The Morgan fingerprint density at radius 2 is 1.69 bits per heavy atom. The summed E-state index contributed by atoms with van der Waals surface area (Å²) in [6.07, 6.45) is 5.07. The van der Waals surface area contributed by atoms with Crippen molar-refractivity contribution >= 4 is 11.8 Å². The van der Waals surface area contributed by atoms with E-state index < -0.39 is 0 Å². The molecule has 2 rings (SSSR count). The molecule has 1 N–H and O–H groups in total. The highest BCUT2D eigenvalue weighted by molar-refractivity contribution is 5.99. The van der Waals surface area contributed by atoms with Gasteiger partial charge >= 0.3 is 0 Å². The van der Waals surface area contributed by atoms with Gasteiger partial charge in [0.1, 0.15) is 0 Å². The first kappa shape index (κ1) is 11.6. The molecule has 1 saturated heterocycles. The lowest BCUT2D eigenvalue weighted by Crippen LogP contribution is -2.52. The van der Waals surface area contributed by atoms with Crippen LogP contribution in [0, 0.1) is 11.8 Å². The van der Waals surface area contributed by atoms with E-state index in [0.29, 0.717) is 19.0 Å². The van der Waals surface area contributed by atoms with E-state index in [-0.39, 0.29) is 11.8 Å². The van der Waals surface area contributed by atoms with Gasteiger partial charge in [0.15, 0.2) is 0 Å². The van der Waals surface area contributed by atoms with Crippen LogP contribution in [0.25, 0.3) is 0 Å². The van der Waals surface area contributed by atoms with Crippen molar-refractivity contribution < 1.29 is 9.59 Å². The van der Waals surface area contributed by atoms with E-state index in [1.807, 2.05) is 4.90 Å². The summed E-state index contributed by atoms with van der Waals surface area (Å²) in [5.74, 6) is 1.22. The minimum Gasteiger partial charge on any atom is -0.294 e. The van der Waals surface area contributed by atoms with Crippen LogP contribution in [-0.2, 0) is 9.59 Å². The average Bonchev–Trinajstić information content (AvgIpc) is 2.20. The van der Waals surface area contributed by atoms with Gasteiger partial charge in [-0.25, -0.2) is 0 Å². The van der Waals surface area contributed by atoms with E-state index in [1.165, 1.54) is 25.7 Å². The Hall–Kier alpha value is -0.900. The number of hydrogen-bond acceptors (Lipinski definition) is 3. The molecular weight excluding hydrogens is 204 g/mol. The first-order chi connectivity index (χ1) is 7.63. The zero-order valence-electron chi connectivity index (χ0n) is 9.87. The maximum atomic E-state index is 11.2. The third-order valence-electron chi connectivity index (χ3n) is 3.67. The molecule has 1 aliphatic heterocycles. The minimum atomic E-state index is -0.152. The van der Waals surface area contributed by atoms with E-state index in [4.69, 9.17) is 0 Å². The largest absolute Gasteiger partial charge is 0.294 e. The van der Waals surface area contributed by atoms with E-state index in [1.54, 1.807) is 0 Å². The van der Waals surface area contributed by atoms with Crippen LogP contribution in [0.4, 0.5) is 0 Å². The molecule has 1 aliphatic carbocycles. The number of nitrogens with one attached hydrogen (secondary N) is 1. The lowest BCUT2D eigenvalue weighted by Gasteiger charge is -2.32. The normalized spacial score (nSPS) is 32.6. The summed E-state index contributed by atoms with van der Waals surface area (Å²) >= 11 is 0. The molecule has 2 fully saturated rings. The van der Waals surface area contributed by atoms with Gasteiger partial charge in [-0.2, -0.15) is 0 Å². The van der Waals surface area contributed by atoms with Crippen LogP contribution in [-0.4, -0.2) is 36.3 Å². The first-order valence-electron chi connectivity index (χ1n) is 6.18. The molecule has 2 amide bonds. The number of rotatable bonds is 2. The molecule has 1 heterocycles. The second-order valence-electron chi connectivity index (χ2n) is 5.27. The Morgan fingerprint density at radius 3 is 2.25 bits per heavy atom. The molecule has 1 saturated carbocycles. The van der Waals surface area contributed by atoms with Crippen molar-refractivity contribution in [3.05, 3.63) is 0 Å². The Morgan fingerprint density at radius 1 is 1.12 bits per heavy atom. The van der Waals surface area contributed by atoms with Crippen LogP contribution in [0.15, 0.2) is 0 Å². The summed E-state index contributed by atoms with van der Waals surface area (Å²) in [6.45, 7) is 3.98. The van der Waals surface area contributed by atoms with Gasteiger partial charge in [-0.1, -0.05) is 19.8 Å². The quantitative estimate of drug-likeness (QED) is 0.705. The Balaban J connectivity index is 1.80. The Kier molecular flexibility index (Phi) is 3.59. The number of carbonyl (C=O) groups excluding carboxylic acids is 2. The van der Waals surface area contributed by atoms with Crippen LogP contribution in [0.5, 0.6) is 0 Å². The van der Waals surface area contributed by atoms with Crippen molar-refractivity contribution in [2.75, 3.05) is 19.6 Å². The Bertz CT molecular complexity index is 267. The summed E-state index contributed by atoms with van der Waals surface area (Å²) in [7, 11) is 0. The van der Waals surface area contributed by atoms with Crippen molar-refractivity contribution in [2.24, 2.45) is 11.8 Å². The molecule has 0 unspecified atom stereocenters. The van der Waals surface area contributed by atoms with Crippen molar-refractivity contribution in [3.8, 4) is 0 Å². The highest BCUT2D eigenvalue weighted by atomic mass is 16.2. The smallest absolute Gasteiger partial charge is 0.240 e. The summed E-state index contributed by atoms with van der Waals surface area (Å²) in [5.41, 5.74) is 0. The van der Waals surface area contributed by atoms with Gasteiger partial charge < -0.3 is 0 Å². The second kappa shape index (κ2) is 4.95. The number of hydrogen-bond donors (Lipinski definition) is 1. The highest BCUT2D eigenvalue weighted by Gasteiger charge is 2.26. The average molecular weight is 224 g/mol. The zero-order valence-corrected chi connectivity index (χ0v) is 9.87. The van der Waals surface area contributed by atoms with Crippen LogP contribution in [0.3, 0.4) is 0 Å². The molecule has 4 nitrogen and oxygen atoms in total. The lowest BCUT2D eigenvalue weighted by atomic mass is 9.83. The topological polar surface area (TPSA) is 49.4 Å². The van der Waals surface area contributed by atoms with Crippen molar-refractivity contribution in [1.29, 1.82) is 0 Å². The van der Waals surface area contributed by atoms with Gasteiger partial charge in [0.2, 0.25) is 11.8 Å². The molecule has 0 atom stereocenters. The number of nitrogens with zero attached hydrogens (tertiary/aromatic N) is 1. The van der Waals surface area contributed by atoms with E-state index in [9.17, 15) is 9.59 Å². The SMILES string of the molecule is CC1CCC(CN2CC(=O)NC(=O)C2)CC1. The number of imide groups is 1. The third-order valence-corrected chi connectivity index (χ3v) is 3.67. The van der Waals surface area contributed by atoms with Gasteiger partial charge in [-0.3, -0.25) is 19.8 Å². The van der Waals surface area contributed by atoms with Crippen LogP contribution in [0.2, 0.25) is 0 Å². The molecule has 0 bridgehead atoms. The predicted molar refractivity (Wildman–Crippen MR) is 60.7 cm³/mol. The molecule has 0 aromatic carbocycles. The monoisotopic (exact) mass is 224 g/mol. The number of amides is 2. The molecule has 2 aliphatic rings. The molecule has 0 spiro atoms.